The van der Waals surface area contributed by atoms with Crippen LogP contribution < -0.4 is 4.90 Å². The van der Waals surface area contributed by atoms with Crippen LogP contribution in [0.15, 0.2) is 48.5 Å². The van der Waals surface area contributed by atoms with E-state index in [0.29, 0.717) is 5.25 Å². The molecule has 0 N–H and O–H groups in total. The van der Waals surface area contributed by atoms with Gasteiger partial charge in [0.1, 0.15) is 0 Å². The van der Waals surface area contributed by atoms with E-state index in [9.17, 15) is 0 Å². The molecule has 0 atom stereocenters. The standard InChI is InChI=1S/C15H15NS/c1-16-13-9-5-3-7-11(13)15(17-2)12-8-4-6-10-14(12)16/h3-10,15H,1-2H3. The molecular weight excluding hydrogens is 226 g/mol. The number of thioether (sulfide) groups is 1. The number of para-hydroxylation sites is 2. The molecule has 0 aliphatic carbocycles. The second-order valence-electron chi connectivity index (χ2n) is 4.29. The molecule has 0 radical (unpaired) electrons. The lowest BCUT2D eigenvalue weighted by atomic mass is 9.95. The molecule has 1 aliphatic heterocycles. The van der Waals surface area contributed by atoms with Crippen molar-refractivity contribution in [1.82, 2.24) is 0 Å². The summed E-state index contributed by atoms with van der Waals surface area (Å²) in [5.74, 6) is 0. The zero-order valence-corrected chi connectivity index (χ0v) is 10.9. The molecule has 1 nitrogen and oxygen atoms in total. The van der Waals surface area contributed by atoms with Gasteiger partial charge in [0.05, 0.1) is 5.25 Å². The monoisotopic (exact) mass is 241 g/mol. The van der Waals surface area contributed by atoms with Gasteiger partial charge in [-0.15, -0.1) is 0 Å². The summed E-state index contributed by atoms with van der Waals surface area (Å²) in [7, 11) is 2.15. The summed E-state index contributed by atoms with van der Waals surface area (Å²) in [6.45, 7) is 0. The minimum Gasteiger partial charge on any atom is -0.344 e. The Labute approximate surface area is 106 Å². The fourth-order valence-electron chi connectivity index (χ4n) is 2.58. The molecule has 86 valence electrons. The Kier molecular flexibility index (Phi) is 2.60. The van der Waals surface area contributed by atoms with Crippen molar-refractivity contribution in [2.75, 3.05) is 18.2 Å². The van der Waals surface area contributed by atoms with Crippen LogP contribution in [0.1, 0.15) is 16.4 Å². The van der Waals surface area contributed by atoms with Gasteiger partial charge in [-0.05, 0) is 29.5 Å². The Balaban J connectivity index is 2.25. The van der Waals surface area contributed by atoms with Crippen LogP contribution in [0.25, 0.3) is 0 Å². The van der Waals surface area contributed by atoms with Gasteiger partial charge in [0.25, 0.3) is 0 Å². The van der Waals surface area contributed by atoms with Crippen LogP contribution >= 0.6 is 11.8 Å². The topological polar surface area (TPSA) is 3.24 Å². The normalized spacial score (nSPS) is 14.4. The molecule has 1 aliphatic rings. The highest BCUT2D eigenvalue weighted by Crippen LogP contribution is 2.48. The Morgan fingerprint density at radius 2 is 1.35 bits per heavy atom. The van der Waals surface area contributed by atoms with Crippen LogP contribution in [-0.4, -0.2) is 13.3 Å². The first kappa shape index (κ1) is 10.7. The van der Waals surface area contributed by atoms with Crippen molar-refractivity contribution in [2.45, 2.75) is 5.25 Å². The van der Waals surface area contributed by atoms with Crippen LogP contribution in [0, 0.1) is 0 Å². The highest BCUT2D eigenvalue weighted by Gasteiger charge is 2.27. The van der Waals surface area contributed by atoms with Gasteiger partial charge in [-0.2, -0.15) is 11.8 Å². The molecule has 1 heterocycles. The lowest BCUT2D eigenvalue weighted by molar-refractivity contribution is 1.04. The van der Waals surface area contributed by atoms with Gasteiger partial charge in [-0.3, -0.25) is 0 Å². The first-order chi connectivity index (χ1) is 8.33. The second-order valence-corrected chi connectivity index (χ2v) is 5.24. The summed E-state index contributed by atoms with van der Waals surface area (Å²) in [4.78, 5) is 2.29. The van der Waals surface area contributed by atoms with Crippen molar-refractivity contribution < 1.29 is 0 Å². The van der Waals surface area contributed by atoms with E-state index in [4.69, 9.17) is 0 Å². The predicted molar refractivity (Wildman–Crippen MR) is 76.3 cm³/mol. The fourth-order valence-corrected chi connectivity index (χ4v) is 3.49. The SMILES string of the molecule is CSC1c2ccccc2N(C)c2ccccc21. The summed E-state index contributed by atoms with van der Waals surface area (Å²) in [5, 5.41) is 0.457. The van der Waals surface area contributed by atoms with Gasteiger partial charge in [-0.1, -0.05) is 36.4 Å². The maximum absolute atomic E-state index is 2.29. The lowest BCUT2D eigenvalue weighted by Crippen LogP contribution is -2.20. The van der Waals surface area contributed by atoms with Crippen molar-refractivity contribution in [3.63, 3.8) is 0 Å². The van der Waals surface area contributed by atoms with Gasteiger partial charge < -0.3 is 4.90 Å². The van der Waals surface area contributed by atoms with E-state index in [0.717, 1.165) is 0 Å². The Bertz CT molecular complexity index is 503. The van der Waals surface area contributed by atoms with E-state index < -0.39 is 0 Å². The summed E-state index contributed by atoms with van der Waals surface area (Å²) in [5.41, 5.74) is 5.48. The minimum absolute atomic E-state index is 0.457. The highest BCUT2D eigenvalue weighted by molar-refractivity contribution is 7.99. The molecule has 0 spiro atoms. The molecule has 0 fully saturated rings. The molecule has 0 amide bonds. The zero-order chi connectivity index (χ0) is 11.8. The molecule has 0 unspecified atom stereocenters. The maximum Gasteiger partial charge on any atom is 0.0584 e. The summed E-state index contributed by atoms with van der Waals surface area (Å²) >= 11 is 1.91. The maximum atomic E-state index is 2.29. The van der Waals surface area contributed by atoms with Crippen LogP contribution in [-0.2, 0) is 0 Å². The first-order valence-corrected chi connectivity index (χ1v) is 7.06. The van der Waals surface area contributed by atoms with Crippen molar-refractivity contribution in [2.24, 2.45) is 0 Å². The molecule has 17 heavy (non-hydrogen) atoms. The third kappa shape index (κ3) is 1.55. The van der Waals surface area contributed by atoms with Crippen molar-refractivity contribution in [3.05, 3.63) is 59.7 Å². The van der Waals surface area contributed by atoms with E-state index in [1.165, 1.54) is 22.5 Å². The number of hydrogen-bond donors (Lipinski definition) is 0. The van der Waals surface area contributed by atoms with Gasteiger partial charge in [-0.25, -0.2) is 0 Å². The van der Waals surface area contributed by atoms with E-state index in [1.54, 1.807) is 0 Å². The quantitative estimate of drug-likeness (QED) is 0.735. The molecule has 0 bridgehead atoms. The number of rotatable bonds is 1. The molecule has 0 aromatic heterocycles. The average molecular weight is 241 g/mol. The Hall–Kier alpha value is -1.41. The molecule has 0 saturated carbocycles. The summed E-state index contributed by atoms with van der Waals surface area (Å²) < 4.78 is 0. The number of fused-ring (bicyclic) bond motifs is 2. The second kappa shape index (κ2) is 4.11. The number of nitrogens with zero attached hydrogens (tertiary/aromatic N) is 1. The van der Waals surface area contributed by atoms with E-state index in [1.807, 2.05) is 11.8 Å². The molecule has 2 aromatic carbocycles. The average Bonchev–Trinajstić information content (AvgIpc) is 2.40. The van der Waals surface area contributed by atoms with Gasteiger partial charge in [0.15, 0.2) is 0 Å². The zero-order valence-electron chi connectivity index (χ0n) is 10.1. The Morgan fingerprint density at radius 1 is 0.882 bits per heavy atom. The van der Waals surface area contributed by atoms with Gasteiger partial charge in [0.2, 0.25) is 0 Å². The number of hydrogen-bond acceptors (Lipinski definition) is 2. The van der Waals surface area contributed by atoms with E-state index >= 15 is 0 Å². The smallest absolute Gasteiger partial charge is 0.0584 e. The fraction of sp³-hybridized carbons (Fsp3) is 0.200. The summed E-state index contributed by atoms with van der Waals surface area (Å²) in [6.07, 6.45) is 2.18. The molecule has 0 saturated heterocycles. The van der Waals surface area contributed by atoms with Crippen molar-refractivity contribution in [3.8, 4) is 0 Å². The van der Waals surface area contributed by atoms with Crippen molar-refractivity contribution in [1.29, 1.82) is 0 Å². The molecule has 2 heteroatoms. The predicted octanol–water partition coefficient (Wildman–Crippen LogP) is 4.22. The highest BCUT2D eigenvalue weighted by atomic mass is 32.2. The van der Waals surface area contributed by atoms with Crippen LogP contribution in [0.2, 0.25) is 0 Å². The van der Waals surface area contributed by atoms with Crippen LogP contribution in [0.4, 0.5) is 11.4 Å². The van der Waals surface area contributed by atoms with Crippen LogP contribution in [0.3, 0.4) is 0 Å². The number of anilines is 2. The first-order valence-electron chi connectivity index (χ1n) is 5.77. The third-order valence-electron chi connectivity index (χ3n) is 3.40. The molecular formula is C15H15NS. The van der Waals surface area contributed by atoms with Gasteiger partial charge >= 0.3 is 0 Å². The van der Waals surface area contributed by atoms with Gasteiger partial charge in [0, 0.05) is 18.4 Å². The lowest BCUT2D eigenvalue weighted by Gasteiger charge is -2.34. The van der Waals surface area contributed by atoms with E-state index in [-0.39, 0.29) is 0 Å². The minimum atomic E-state index is 0.457. The van der Waals surface area contributed by atoms with E-state index in [2.05, 4.69) is 66.7 Å². The summed E-state index contributed by atoms with van der Waals surface area (Å²) in [6, 6.07) is 17.4. The molecule has 3 rings (SSSR count). The van der Waals surface area contributed by atoms with Crippen molar-refractivity contribution >= 4 is 23.1 Å². The van der Waals surface area contributed by atoms with Crippen LogP contribution in [0.5, 0.6) is 0 Å². The third-order valence-corrected chi connectivity index (χ3v) is 4.38. The largest absolute Gasteiger partial charge is 0.344 e. The number of benzene rings is 2. The molecule has 2 aromatic rings. The Morgan fingerprint density at radius 3 is 1.82 bits per heavy atom.